The second kappa shape index (κ2) is 11.7. The first kappa shape index (κ1) is 25.0. The molecule has 25 heavy (non-hydrogen) atoms. The van der Waals surface area contributed by atoms with Crippen molar-refractivity contribution in [2.24, 2.45) is 22.2 Å². The molecule has 0 amide bonds. The maximum Gasteiger partial charge on any atom is -0.0262 e. The second-order valence-corrected chi connectivity index (χ2v) is 11.0. The van der Waals surface area contributed by atoms with E-state index in [0.717, 1.165) is 12.3 Å². The Balaban J connectivity index is 4.72. The van der Waals surface area contributed by atoms with Crippen molar-refractivity contribution < 1.29 is 0 Å². The van der Waals surface area contributed by atoms with Gasteiger partial charge in [-0.15, -0.1) is 0 Å². The first-order chi connectivity index (χ1) is 11.5. The van der Waals surface area contributed by atoms with Crippen molar-refractivity contribution in [2.75, 3.05) is 0 Å². The van der Waals surface area contributed by atoms with Crippen LogP contribution < -0.4 is 0 Å². The standard InChI is InChI=1S/C25H51/c1-10-12-14-15-16-17-19-21-25(8,9)22(23(3,4)5)24(6,7)20-18-13-11-2/h22H,1,10-21H2,2-9H3. The highest BCUT2D eigenvalue weighted by Crippen LogP contribution is 2.54. The summed E-state index contributed by atoms with van der Waals surface area (Å²) in [6, 6.07) is 0. The fourth-order valence-electron chi connectivity index (χ4n) is 5.99. The minimum Gasteiger partial charge on any atom is -0.0654 e. The van der Waals surface area contributed by atoms with Gasteiger partial charge >= 0.3 is 0 Å². The molecule has 0 aromatic heterocycles. The van der Waals surface area contributed by atoms with E-state index < -0.39 is 0 Å². The maximum atomic E-state index is 3.94. The third kappa shape index (κ3) is 10.0. The van der Waals surface area contributed by atoms with Gasteiger partial charge in [-0.25, -0.2) is 0 Å². The van der Waals surface area contributed by atoms with Crippen LogP contribution in [0, 0.1) is 29.1 Å². The summed E-state index contributed by atoms with van der Waals surface area (Å²) >= 11 is 0. The van der Waals surface area contributed by atoms with Gasteiger partial charge in [-0.1, -0.05) is 127 Å². The molecule has 0 rings (SSSR count). The van der Waals surface area contributed by atoms with Crippen LogP contribution in [0.4, 0.5) is 0 Å². The molecular weight excluding hydrogens is 300 g/mol. The second-order valence-electron chi connectivity index (χ2n) is 11.0. The first-order valence-corrected chi connectivity index (χ1v) is 11.3. The lowest BCUT2D eigenvalue weighted by Crippen LogP contribution is -2.44. The third-order valence-corrected chi connectivity index (χ3v) is 6.17. The molecule has 0 heterocycles. The first-order valence-electron chi connectivity index (χ1n) is 11.3. The highest BCUT2D eigenvalue weighted by Gasteiger charge is 2.46. The fraction of sp³-hybridized carbons (Fsp3) is 0.960. The van der Waals surface area contributed by atoms with Crippen molar-refractivity contribution in [2.45, 2.75) is 132 Å². The number of hydrogen-bond acceptors (Lipinski definition) is 0. The molecule has 0 N–H and O–H groups in total. The van der Waals surface area contributed by atoms with Crippen molar-refractivity contribution in [3.8, 4) is 0 Å². The van der Waals surface area contributed by atoms with E-state index in [1.54, 1.807) is 0 Å². The number of rotatable bonds is 14. The molecule has 0 aromatic carbocycles. The lowest BCUT2D eigenvalue weighted by Gasteiger charge is -2.52. The summed E-state index contributed by atoms with van der Waals surface area (Å²) in [5.41, 5.74) is 1.21. The Bertz CT molecular complexity index is 315. The predicted octanol–water partition coefficient (Wildman–Crippen LogP) is 9.24. The van der Waals surface area contributed by atoms with Crippen LogP contribution in [0.3, 0.4) is 0 Å². The average molecular weight is 352 g/mol. The quantitative estimate of drug-likeness (QED) is 0.273. The van der Waals surface area contributed by atoms with Crippen LogP contribution in [-0.4, -0.2) is 0 Å². The number of unbranched alkanes of at least 4 members (excludes halogenated alkanes) is 8. The van der Waals surface area contributed by atoms with Crippen molar-refractivity contribution in [3.63, 3.8) is 0 Å². The van der Waals surface area contributed by atoms with Gasteiger partial charge < -0.3 is 0 Å². The molecule has 0 aliphatic carbocycles. The molecule has 0 aromatic rings. The lowest BCUT2D eigenvalue weighted by molar-refractivity contribution is -0.0300. The molecule has 1 radical (unpaired) electrons. The zero-order valence-corrected chi connectivity index (χ0v) is 19.3. The molecule has 0 fully saturated rings. The van der Waals surface area contributed by atoms with E-state index >= 15 is 0 Å². The van der Waals surface area contributed by atoms with Gasteiger partial charge in [-0.2, -0.15) is 0 Å². The van der Waals surface area contributed by atoms with E-state index in [0.29, 0.717) is 16.2 Å². The van der Waals surface area contributed by atoms with Crippen LogP contribution in [0.15, 0.2) is 0 Å². The molecule has 0 heteroatoms. The van der Waals surface area contributed by atoms with Crippen LogP contribution in [-0.2, 0) is 0 Å². The Morgan fingerprint density at radius 1 is 0.600 bits per heavy atom. The summed E-state index contributed by atoms with van der Waals surface area (Å²) in [6.45, 7) is 23.9. The van der Waals surface area contributed by atoms with Crippen molar-refractivity contribution in [1.29, 1.82) is 0 Å². The molecule has 0 saturated heterocycles. The molecule has 0 nitrogen and oxygen atoms in total. The largest absolute Gasteiger partial charge is 0.0654 e. The van der Waals surface area contributed by atoms with Gasteiger partial charge in [0.1, 0.15) is 0 Å². The topological polar surface area (TPSA) is 0 Å². The molecule has 0 aliphatic rings. The van der Waals surface area contributed by atoms with E-state index in [-0.39, 0.29) is 0 Å². The molecule has 1 unspecified atom stereocenters. The Morgan fingerprint density at radius 3 is 1.40 bits per heavy atom. The summed E-state index contributed by atoms with van der Waals surface area (Å²) in [7, 11) is 0. The van der Waals surface area contributed by atoms with Gasteiger partial charge in [0, 0.05) is 0 Å². The van der Waals surface area contributed by atoms with E-state index in [1.807, 2.05) is 0 Å². The monoisotopic (exact) mass is 351 g/mol. The van der Waals surface area contributed by atoms with E-state index in [1.165, 1.54) is 70.6 Å². The van der Waals surface area contributed by atoms with Gasteiger partial charge in [0.2, 0.25) is 0 Å². The lowest BCUT2D eigenvalue weighted by atomic mass is 9.53. The Hall–Kier alpha value is 0. The summed E-state index contributed by atoms with van der Waals surface area (Å²) in [5.74, 6) is 0.760. The van der Waals surface area contributed by atoms with Crippen LogP contribution in [0.5, 0.6) is 0 Å². The molecule has 151 valence electrons. The molecular formula is C25H51. The van der Waals surface area contributed by atoms with Gasteiger partial charge in [0.25, 0.3) is 0 Å². The van der Waals surface area contributed by atoms with Crippen molar-refractivity contribution >= 4 is 0 Å². The fourth-order valence-corrected chi connectivity index (χ4v) is 5.99. The average Bonchev–Trinajstić information content (AvgIpc) is 2.44. The zero-order valence-electron chi connectivity index (χ0n) is 19.3. The minimum absolute atomic E-state index is 0.368. The molecule has 0 aliphatic heterocycles. The summed E-state index contributed by atoms with van der Waals surface area (Å²) in [4.78, 5) is 0. The smallest absolute Gasteiger partial charge is 0.0262 e. The summed E-state index contributed by atoms with van der Waals surface area (Å²) < 4.78 is 0. The van der Waals surface area contributed by atoms with Crippen LogP contribution in [0.2, 0.25) is 0 Å². The van der Waals surface area contributed by atoms with Crippen LogP contribution >= 0.6 is 0 Å². The van der Waals surface area contributed by atoms with E-state index in [2.05, 4.69) is 62.3 Å². The normalized spacial score (nSPS) is 14.8. The Morgan fingerprint density at radius 2 is 1.00 bits per heavy atom. The summed E-state index contributed by atoms with van der Waals surface area (Å²) in [6.07, 6.45) is 16.3. The third-order valence-electron chi connectivity index (χ3n) is 6.17. The van der Waals surface area contributed by atoms with E-state index in [9.17, 15) is 0 Å². The summed E-state index contributed by atoms with van der Waals surface area (Å²) in [5, 5.41) is 0. The highest BCUT2D eigenvalue weighted by molar-refractivity contribution is 4.95. The van der Waals surface area contributed by atoms with E-state index in [4.69, 9.17) is 0 Å². The van der Waals surface area contributed by atoms with Gasteiger partial charge in [-0.05, 0) is 35.0 Å². The predicted molar refractivity (Wildman–Crippen MR) is 117 cm³/mol. The minimum atomic E-state index is 0.368. The van der Waals surface area contributed by atoms with Crippen LogP contribution in [0.25, 0.3) is 0 Å². The van der Waals surface area contributed by atoms with Crippen molar-refractivity contribution in [1.82, 2.24) is 0 Å². The molecule has 0 spiro atoms. The van der Waals surface area contributed by atoms with Gasteiger partial charge in [0.15, 0.2) is 0 Å². The van der Waals surface area contributed by atoms with Gasteiger partial charge in [-0.3, -0.25) is 0 Å². The maximum absolute atomic E-state index is 3.94. The molecule has 1 atom stereocenters. The molecule has 0 saturated carbocycles. The Kier molecular flexibility index (Phi) is 11.7. The Labute approximate surface area is 161 Å². The number of hydrogen-bond donors (Lipinski definition) is 0. The SMILES string of the molecule is [CH2]CCCCCCCCC(C)(C)C(C(C)(C)C)C(C)(C)CCCCC. The molecule has 0 bridgehead atoms. The zero-order chi connectivity index (χ0) is 19.6. The highest BCUT2D eigenvalue weighted by atomic mass is 14.5. The van der Waals surface area contributed by atoms with Gasteiger partial charge in [0.05, 0.1) is 0 Å². The van der Waals surface area contributed by atoms with Crippen molar-refractivity contribution in [3.05, 3.63) is 6.92 Å². The van der Waals surface area contributed by atoms with Crippen LogP contribution in [0.1, 0.15) is 132 Å².